The van der Waals surface area contributed by atoms with Crippen molar-refractivity contribution in [2.24, 2.45) is 0 Å². The summed E-state index contributed by atoms with van der Waals surface area (Å²) in [6.07, 6.45) is 6.40. The number of rotatable bonds is 3. The molecule has 0 saturated carbocycles. The van der Waals surface area contributed by atoms with Crippen molar-refractivity contribution in [1.82, 2.24) is 20.4 Å². The Morgan fingerprint density at radius 3 is 2.69 bits per heavy atom. The highest BCUT2D eigenvalue weighted by atomic mass is 35.5. The zero-order chi connectivity index (χ0) is 17.2. The van der Waals surface area contributed by atoms with E-state index in [9.17, 15) is 4.79 Å². The van der Waals surface area contributed by atoms with Gasteiger partial charge in [-0.05, 0) is 64.1 Å². The molecule has 2 aliphatic rings. The lowest BCUT2D eigenvalue weighted by Crippen LogP contribution is -2.45. The molecule has 1 atom stereocenters. The number of benzene rings is 1. The lowest BCUT2D eigenvalue weighted by molar-refractivity contribution is 0.0924. The van der Waals surface area contributed by atoms with Gasteiger partial charge in [0.25, 0.3) is 5.91 Å². The fraction of sp³-hybridized carbons (Fsp3) is 0.500. The van der Waals surface area contributed by atoms with E-state index in [4.69, 9.17) is 5.10 Å². The van der Waals surface area contributed by atoms with E-state index in [1.165, 1.54) is 11.3 Å². The standard InChI is InChI=1S/C20H26N4O.ClH/c1-14-8-10-16(11-9-14)24-18-7-3-2-6-17(18)19(23-24)20(25)22-15-5-4-12-21-13-15;/h8-11,15,21H,2-7,12-13H2,1H3,(H,22,25);1H. The van der Waals surface area contributed by atoms with Gasteiger partial charge in [0.1, 0.15) is 0 Å². The average molecular weight is 375 g/mol. The topological polar surface area (TPSA) is 59.0 Å². The SMILES string of the molecule is Cc1ccc(-n2nc(C(=O)NC3CCCNC3)c3c2CCCC3)cc1.Cl. The van der Waals surface area contributed by atoms with Crippen LogP contribution < -0.4 is 10.6 Å². The summed E-state index contributed by atoms with van der Waals surface area (Å²) < 4.78 is 1.99. The fourth-order valence-corrected chi connectivity index (χ4v) is 3.91. The number of aromatic nitrogens is 2. The van der Waals surface area contributed by atoms with Crippen LogP contribution in [-0.4, -0.2) is 34.8 Å². The van der Waals surface area contributed by atoms with Crippen molar-refractivity contribution in [3.05, 3.63) is 46.8 Å². The Bertz CT molecular complexity index is 763. The Hall–Kier alpha value is -1.85. The molecule has 6 heteroatoms. The number of amides is 1. The molecule has 0 bridgehead atoms. The van der Waals surface area contributed by atoms with Crippen molar-refractivity contribution in [3.63, 3.8) is 0 Å². The van der Waals surface area contributed by atoms with Crippen molar-refractivity contribution in [2.75, 3.05) is 13.1 Å². The summed E-state index contributed by atoms with van der Waals surface area (Å²) in [5.41, 5.74) is 5.26. The van der Waals surface area contributed by atoms with Crippen molar-refractivity contribution in [3.8, 4) is 5.69 Å². The van der Waals surface area contributed by atoms with E-state index in [0.29, 0.717) is 5.69 Å². The number of halogens is 1. The predicted molar refractivity (Wildman–Crippen MR) is 106 cm³/mol. The van der Waals surface area contributed by atoms with E-state index in [-0.39, 0.29) is 24.4 Å². The highest BCUT2D eigenvalue weighted by Crippen LogP contribution is 2.27. The maximum absolute atomic E-state index is 12.9. The predicted octanol–water partition coefficient (Wildman–Crippen LogP) is 2.96. The van der Waals surface area contributed by atoms with Crippen LogP contribution in [0, 0.1) is 6.92 Å². The van der Waals surface area contributed by atoms with Crippen LogP contribution in [0.25, 0.3) is 5.69 Å². The van der Waals surface area contributed by atoms with Crippen molar-refractivity contribution >= 4 is 18.3 Å². The first-order valence-corrected chi connectivity index (χ1v) is 9.42. The smallest absolute Gasteiger partial charge is 0.272 e. The lowest BCUT2D eigenvalue weighted by atomic mass is 9.95. The number of aryl methyl sites for hydroxylation is 1. The van der Waals surface area contributed by atoms with E-state index in [1.807, 2.05) is 4.68 Å². The maximum atomic E-state index is 12.9. The molecule has 0 spiro atoms. The number of hydrogen-bond acceptors (Lipinski definition) is 3. The molecule has 2 heterocycles. The van der Waals surface area contributed by atoms with Crippen LogP contribution in [0.4, 0.5) is 0 Å². The zero-order valence-corrected chi connectivity index (χ0v) is 16.1. The van der Waals surface area contributed by atoms with Crippen LogP contribution in [-0.2, 0) is 12.8 Å². The number of fused-ring (bicyclic) bond motifs is 1. The van der Waals surface area contributed by atoms with E-state index in [0.717, 1.165) is 62.9 Å². The summed E-state index contributed by atoms with van der Waals surface area (Å²) in [6, 6.07) is 8.58. The number of nitrogens with zero attached hydrogens (tertiary/aromatic N) is 2. The van der Waals surface area contributed by atoms with Gasteiger partial charge in [0, 0.05) is 23.8 Å². The maximum Gasteiger partial charge on any atom is 0.272 e. The summed E-state index contributed by atoms with van der Waals surface area (Å²) in [5, 5.41) is 11.3. The molecule has 2 aromatic rings. The van der Waals surface area contributed by atoms with Gasteiger partial charge in [-0.1, -0.05) is 17.7 Å². The van der Waals surface area contributed by atoms with Crippen LogP contribution in [0.2, 0.25) is 0 Å². The van der Waals surface area contributed by atoms with Gasteiger partial charge in [-0.15, -0.1) is 12.4 Å². The summed E-state index contributed by atoms with van der Waals surface area (Å²) >= 11 is 0. The van der Waals surface area contributed by atoms with Gasteiger partial charge in [0.2, 0.25) is 0 Å². The Balaban J connectivity index is 0.00000196. The van der Waals surface area contributed by atoms with E-state index < -0.39 is 0 Å². The minimum Gasteiger partial charge on any atom is -0.347 e. The first kappa shape index (κ1) is 18.9. The van der Waals surface area contributed by atoms with Crippen LogP contribution >= 0.6 is 12.4 Å². The van der Waals surface area contributed by atoms with Gasteiger partial charge in [-0.2, -0.15) is 5.10 Å². The molecule has 1 amide bonds. The third kappa shape index (κ3) is 3.79. The van der Waals surface area contributed by atoms with Gasteiger partial charge >= 0.3 is 0 Å². The third-order valence-corrected chi connectivity index (χ3v) is 5.31. The van der Waals surface area contributed by atoms with Gasteiger partial charge < -0.3 is 10.6 Å². The van der Waals surface area contributed by atoms with Crippen molar-refractivity contribution < 1.29 is 4.79 Å². The number of hydrogen-bond donors (Lipinski definition) is 2. The van der Waals surface area contributed by atoms with Gasteiger partial charge in [-0.3, -0.25) is 4.79 Å². The molecule has 1 aliphatic heterocycles. The van der Waals surface area contributed by atoms with Crippen molar-refractivity contribution in [1.29, 1.82) is 0 Å². The zero-order valence-electron chi connectivity index (χ0n) is 15.3. The number of nitrogens with one attached hydrogen (secondary N) is 2. The average Bonchev–Trinajstić information content (AvgIpc) is 3.03. The second kappa shape index (κ2) is 8.23. The summed E-state index contributed by atoms with van der Waals surface area (Å²) in [4.78, 5) is 12.9. The normalized spacial score (nSPS) is 19.3. The van der Waals surface area contributed by atoms with Gasteiger partial charge in [0.05, 0.1) is 5.69 Å². The monoisotopic (exact) mass is 374 g/mol. The summed E-state index contributed by atoms with van der Waals surface area (Å²) in [5.74, 6) is -0.0160. The van der Waals surface area contributed by atoms with Crippen LogP contribution in [0.1, 0.15) is 53.0 Å². The summed E-state index contributed by atoms with van der Waals surface area (Å²) in [7, 11) is 0. The van der Waals surface area contributed by atoms with Gasteiger partial charge in [-0.25, -0.2) is 4.68 Å². The second-order valence-electron chi connectivity index (χ2n) is 7.25. The fourth-order valence-electron chi connectivity index (χ4n) is 3.91. The van der Waals surface area contributed by atoms with E-state index in [1.54, 1.807) is 0 Å². The molecule has 1 saturated heterocycles. The largest absolute Gasteiger partial charge is 0.347 e. The Morgan fingerprint density at radius 2 is 1.96 bits per heavy atom. The molecular formula is C20H27ClN4O. The second-order valence-corrected chi connectivity index (χ2v) is 7.25. The Morgan fingerprint density at radius 1 is 1.19 bits per heavy atom. The molecule has 1 aromatic carbocycles. The summed E-state index contributed by atoms with van der Waals surface area (Å²) in [6.45, 7) is 3.98. The van der Waals surface area contributed by atoms with E-state index >= 15 is 0 Å². The molecule has 2 N–H and O–H groups in total. The lowest BCUT2D eigenvalue weighted by Gasteiger charge is -2.23. The molecule has 1 aliphatic carbocycles. The van der Waals surface area contributed by atoms with Crippen LogP contribution in [0.3, 0.4) is 0 Å². The molecule has 26 heavy (non-hydrogen) atoms. The first-order chi connectivity index (χ1) is 12.2. The minimum absolute atomic E-state index is 0. The van der Waals surface area contributed by atoms with Crippen LogP contribution in [0.5, 0.6) is 0 Å². The van der Waals surface area contributed by atoms with Crippen molar-refractivity contribution in [2.45, 2.75) is 51.5 Å². The molecule has 1 aromatic heterocycles. The number of carbonyl (C=O) groups excluding carboxylic acids is 1. The molecular weight excluding hydrogens is 348 g/mol. The van der Waals surface area contributed by atoms with E-state index in [2.05, 4.69) is 41.8 Å². The first-order valence-electron chi connectivity index (χ1n) is 9.42. The molecule has 1 unspecified atom stereocenters. The highest BCUT2D eigenvalue weighted by molar-refractivity contribution is 5.94. The Kier molecular flexibility index (Phi) is 5.99. The van der Waals surface area contributed by atoms with Gasteiger partial charge in [0.15, 0.2) is 5.69 Å². The molecule has 140 valence electrons. The molecule has 5 nitrogen and oxygen atoms in total. The number of carbonyl (C=O) groups is 1. The third-order valence-electron chi connectivity index (χ3n) is 5.31. The number of piperidine rings is 1. The van der Waals surface area contributed by atoms with Crippen LogP contribution in [0.15, 0.2) is 24.3 Å². The highest BCUT2D eigenvalue weighted by Gasteiger charge is 2.27. The molecule has 1 fully saturated rings. The Labute approximate surface area is 161 Å². The molecule has 0 radical (unpaired) electrons. The minimum atomic E-state index is -0.0160. The molecule has 4 rings (SSSR count). The quantitative estimate of drug-likeness (QED) is 0.868.